The van der Waals surface area contributed by atoms with Gasteiger partial charge in [-0.05, 0) is 18.6 Å². The van der Waals surface area contributed by atoms with Gasteiger partial charge in [0.1, 0.15) is 5.76 Å². The van der Waals surface area contributed by atoms with Crippen LogP contribution in [0.3, 0.4) is 0 Å². The van der Waals surface area contributed by atoms with Gasteiger partial charge in [-0.15, -0.1) is 0 Å². The van der Waals surface area contributed by atoms with Crippen LogP contribution >= 0.6 is 0 Å². The number of carboxylic acids is 1. The van der Waals surface area contributed by atoms with E-state index in [1.165, 1.54) is 6.26 Å². The van der Waals surface area contributed by atoms with Gasteiger partial charge in [-0.2, -0.15) is 0 Å². The van der Waals surface area contributed by atoms with E-state index in [4.69, 9.17) is 15.3 Å². The molecule has 66 valence electrons. The Morgan fingerprint density at radius 2 is 2.50 bits per heavy atom. The number of nitrogens with two attached hydrogens (primary N) is 1. The van der Waals surface area contributed by atoms with Crippen molar-refractivity contribution in [3.8, 4) is 0 Å². The second-order valence-corrected chi connectivity index (χ2v) is 2.55. The second kappa shape index (κ2) is 3.92. The number of furan rings is 1. The fraction of sp³-hybridized carbons (Fsp3) is 0.375. The van der Waals surface area contributed by atoms with Gasteiger partial charge in [0, 0.05) is 6.42 Å². The third kappa shape index (κ3) is 2.39. The maximum atomic E-state index is 10.2. The van der Waals surface area contributed by atoms with Gasteiger partial charge >= 0.3 is 5.97 Å². The summed E-state index contributed by atoms with van der Waals surface area (Å²) in [4.78, 5) is 10.2. The van der Waals surface area contributed by atoms with Crippen LogP contribution in [0.2, 0.25) is 0 Å². The van der Waals surface area contributed by atoms with E-state index >= 15 is 0 Å². The topological polar surface area (TPSA) is 76.5 Å². The molecule has 0 aromatic carbocycles. The number of hydrogen-bond acceptors (Lipinski definition) is 3. The molecule has 0 radical (unpaired) electrons. The summed E-state index contributed by atoms with van der Waals surface area (Å²) >= 11 is 0. The summed E-state index contributed by atoms with van der Waals surface area (Å²) in [5.41, 5.74) is 5.63. The minimum absolute atomic E-state index is 0.0713. The monoisotopic (exact) mass is 169 g/mol. The maximum Gasteiger partial charge on any atom is 0.303 e. The van der Waals surface area contributed by atoms with Crippen molar-refractivity contribution in [2.75, 3.05) is 0 Å². The average Bonchev–Trinajstić information content (AvgIpc) is 2.51. The van der Waals surface area contributed by atoms with Crippen molar-refractivity contribution in [2.45, 2.75) is 18.9 Å². The molecule has 0 aliphatic rings. The van der Waals surface area contributed by atoms with Gasteiger partial charge < -0.3 is 15.3 Å². The van der Waals surface area contributed by atoms with Gasteiger partial charge in [-0.1, -0.05) is 0 Å². The lowest BCUT2D eigenvalue weighted by Gasteiger charge is -2.05. The molecule has 0 aliphatic carbocycles. The fourth-order valence-electron chi connectivity index (χ4n) is 0.923. The Morgan fingerprint density at radius 3 is 3.00 bits per heavy atom. The van der Waals surface area contributed by atoms with Crippen LogP contribution in [0.15, 0.2) is 22.8 Å². The molecular formula is C8H11NO3. The molecule has 0 saturated carbocycles. The molecule has 0 saturated heterocycles. The van der Waals surface area contributed by atoms with Crippen LogP contribution in [0.4, 0.5) is 0 Å². The first-order valence-electron chi connectivity index (χ1n) is 3.71. The van der Waals surface area contributed by atoms with Crippen molar-refractivity contribution in [1.29, 1.82) is 0 Å². The first-order valence-corrected chi connectivity index (χ1v) is 3.71. The van der Waals surface area contributed by atoms with E-state index < -0.39 is 5.97 Å². The van der Waals surface area contributed by atoms with E-state index in [0.717, 1.165) is 0 Å². The van der Waals surface area contributed by atoms with Crippen molar-refractivity contribution in [3.05, 3.63) is 24.2 Å². The molecule has 1 aromatic heterocycles. The molecule has 12 heavy (non-hydrogen) atoms. The van der Waals surface area contributed by atoms with Crippen LogP contribution in [-0.2, 0) is 4.79 Å². The first kappa shape index (κ1) is 8.80. The largest absolute Gasteiger partial charge is 0.481 e. The molecule has 1 aromatic rings. The summed E-state index contributed by atoms with van der Waals surface area (Å²) < 4.78 is 5.01. The molecule has 4 heteroatoms. The Hall–Kier alpha value is -1.29. The molecule has 3 N–H and O–H groups in total. The highest BCUT2D eigenvalue weighted by Gasteiger charge is 2.09. The summed E-state index contributed by atoms with van der Waals surface area (Å²) in [7, 11) is 0. The number of aliphatic carboxylic acids is 1. The van der Waals surface area contributed by atoms with Crippen molar-refractivity contribution in [3.63, 3.8) is 0 Å². The lowest BCUT2D eigenvalue weighted by atomic mass is 10.1. The first-order chi connectivity index (χ1) is 5.70. The van der Waals surface area contributed by atoms with Gasteiger partial charge in [0.2, 0.25) is 0 Å². The smallest absolute Gasteiger partial charge is 0.303 e. The minimum atomic E-state index is -0.836. The quantitative estimate of drug-likeness (QED) is 0.708. The van der Waals surface area contributed by atoms with Crippen molar-refractivity contribution in [1.82, 2.24) is 0 Å². The molecule has 4 nitrogen and oxygen atoms in total. The minimum Gasteiger partial charge on any atom is -0.481 e. The van der Waals surface area contributed by atoms with Gasteiger partial charge in [0.25, 0.3) is 0 Å². The maximum absolute atomic E-state index is 10.2. The lowest BCUT2D eigenvalue weighted by Crippen LogP contribution is -2.11. The van der Waals surface area contributed by atoms with E-state index in [1.807, 2.05) is 0 Å². The van der Waals surface area contributed by atoms with Crippen LogP contribution in [0.25, 0.3) is 0 Å². The lowest BCUT2D eigenvalue weighted by molar-refractivity contribution is -0.137. The van der Waals surface area contributed by atoms with E-state index in [0.29, 0.717) is 12.2 Å². The second-order valence-electron chi connectivity index (χ2n) is 2.55. The Labute approximate surface area is 70.0 Å². The zero-order valence-electron chi connectivity index (χ0n) is 6.56. The number of carboxylic acid groups (broad SMARTS) is 1. The van der Waals surface area contributed by atoms with E-state index in [2.05, 4.69) is 0 Å². The Balaban J connectivity index is 2.39. The van der Waals surface area contributed by atoms with Crippen LogP contribution in [0.5, 0.6) is 0 Å². The standard InChI is InChI=1S/C8H11NO3/c9-6(3-4-8(10)11)7-2-1-5-12-7/h1-2,5-6H,3-4,9H2,(H,10,11). The summed E-state index contributed by atoms with van der Waals surface area (Å²) in [6.07, 6.45) is 2.00. The van der Waals surface area contributed by atoms with Crippen LogP contribution in [-0.4, -0.2) is 11.1 Å². The van der Waals surface area contributed by atoms with Crippen LogP contribution in [0, 0.1) is 0 Å². The normalized spacial score (nSPS) is 12.8. The third-order valence-electron chi connectivity index (χ3n) is 1.58. The third-order valence-corrected chi connectivity index (χ3v) is 1.58. The number of rotatable bonds is 4. The zero-order chi connectivity index (χ0) is 8.97. The van der Waals surface area contributed by atoms with Gasteiger partial charge in [0.05, 0.1) is 12.3 Å². The predicted molar refractivity (Wildman–Crippen MR) is 42.5 cm³/mol. The molecule has 0 fully saturated rings. The molecule has 1 heterocycles. The summed E-state index contributed by atoms with van der Waals surface area (Å²) in [6, 6.07) is 3.17. The average molecular weight is 169 g/mol. The molecule has 0 amide bonds. The molecule has 1 atom stereocenters. The Morgan fingerprint density at radius 1 is 1.75 bits per heavy atom. The molecule has 0 bridgehead atoms. The van der Waals surface area contributed by atoms with Crippen molar-refractivity contribution in [2.24, 2.45) is 5.73 Å². The summed E-state index contributed by atoms with van der Waals surface area (Å²) in [6.45, 7) is 0. The van der Waals surface area contributed by atoms with E-state index in [-0.39, 0.29) is 12.5 Å². The predicted octanol–water partition coefficient (Wildman–Crippen LogP) is 1.14. The van der Waals surface area contributed by atoms with Gasteiger partial charge in [0.15, 0.2) is 0 Å². The molecule has 0 aliphatic heterocycles. The molecular weight excluding hydrogens is 158 g/mol. The van der Waals surface area contributed by atoms with E-state index in [1.54, 1.807) is 12.1 Å². The summed E-state index contributed by atoms with van der Waals surface area (Å²) in [5.74, 6) is -0.201. The number of hydrogen-bond donors (Lipinski definition) is 2. The van der Waals surface area contributed by atoms with Gasteiger partial charge in [-0.3, -0.25) is 4.79 Å². The Bertz CT molecular complexity index is 243. The van der Waals surface area contributed by atoms with Gasteiger partial charge in [-0.25, -0.2) is 0 Å². The molecule has 1 rings (SSSR count). The SMILES string of the molecule is NC(CCC(=O)O)c1ccco1. The Kier molecular flexibility index (Phi) is 2.88. The van der Waals surface area contributed by atoms with Crippen LogP contribution < -0.4 is 5.73 Å². The highest BCUT2D eigenvalue weighted by molar-refractivity contribution is 5.66. The fourth-order valence-corrected chi connectivity index (χ4v) is 0.923. The number of carbonyl (C=O) groups is 1. The van der Waals surface area contributed by atoms with E-state index in [9.17, 15) is 4.79 Å². The van der Waals surface area contributed by atoms with Crippen molar-refractivity contribution >= 4 is 5.97 Å². The van der Waals surface area contributed by atoms with Crippen molar-refractivity contribution < 1.29 is 14.3 Å². The zero-order valence-corrected chi connectivity index (χ0v) is 6.56. The highest BCUT2D eigenvalue weighted by atomic mass is 16.4. The van der Waals surface area contributed by atoms with Crippen LogP contribution in [0.1, 0.15) is 24.6 Å². The molecule has 0 spiro atoms. The summed E-state index contributed by atoms with van der Waals surface area (Å²) in [5, 5.41) is 8.37. The molecule has 1 unspecified atom stereocenters. The highest BCUT2D eigenvalue weighted by Crippen LogP contribution is 2.15.